The number of sulfonamides is 1. The first-order valence-electron chi connectivity index (χ1n) is 10.5. The molecule has 2 heterocycles. The Balaban J connectivity index is 0.00000289. The third kappa shape index (κ3) is 6.26. The van der Waals surface area contributed by atoms with E-state index < -0.39 is 10.0 Å². The standard InChI is InChI=1S/C22H28FN5O2S.H2O/c1-31(29,30)24-12-15-27-13-10-19(11-14-27)25-22-26-20-4-2-3-5-21(20)28(22)16-17-6-8-18(23)9-7-17;/h2-9,19,24H,10-16H2,1H3,(H,25,26);1H2. The summed E-state index contributed by atoms with van der Waals surface area (Å²) in [5.74, 6) is 0.582. The Morgan fingerprint density at radius 1 is 1.09 bits per heavy atom. The Morgan fingerprint density at radius 2 is 1.78 bits per heavy atom. The molecule has 0 saturated carbocycles. The van der Waals surface area contributed by atoms with Gasteiger partial charge in [-0.15, -0.1) is 0 Å². The number of para-hydroxylation sites is 2. The third-order valence-electron chi connectivity index (χ3n) is 5.62. The molecular formula is C22H30FN5O3S. The van der Waals surface area contributed by atoms with Crippen molar-refractivity contribution in [2.24, 2.45) is 0 Å². The van der Waals surface area contributed by atoms with Crippen molar-refractivity contribution in [2.45, 2.75) is 25.4 Å². The Bertz CT molecular complexity index is 1130. The van der Waals surface area contributed by atoms with Gasteiger partial charge in [-0.05, 0) is 42.7 Å². The van der Waals surface area contributed by atoms with Gasteiger partial charge in [-0.1, -0.05) is 24.3 Å². The molecule has 4 rings (SSSR count). The van der Waals surface area contributed by atoms with Gasteiger partial charge in [0.15, 0.2) is 0 Å². The van der Waals surface area contributed by atoms with E-state index in [-0.39, 0.29) is 11.3 Å². The van der Waals surface area contributed by atoms with Crippen molar-refractivity contribution in [1.29, 1.82) is 0 Å². The summed E-state index contributed by atoms with van der Waals surface area (Å²) < 4.78 is 40.4. The molecule has 1 aromatic heterocycles. The van der Waals surface area contributed by atoms with Crippen molar-refractivity contribution in [1.82, 2.24) is 19.2 Å². The highest BCUT2D eigenvalue weighted by Gasteiger charge is 2.21. The predicted molar refractivity (Wildman–Crippen MR) is 125 cm³/mol. The van der Waals surface area contributed by atoms with Crippen LogP contribution >= 0.6 is 0 Å². The van der Waals surface area contributed by atoms with E-state index in [1.807, 2.05) is 18.2 Å². The molecule has 2 aromatic carbocycles. The molecule has 10 heteroatoms. The lowest BCUT2D eigenvalue weighted by Crippen LogP contribution is -2.42. The van der Waals surface area contributed by atoms with Crippen molar-refractivity contribution in [3.05, 3.63) is 59.9 Å². The van der Waals surface area contributed by atoms with Crippen molar-refractivity contribution in [3.63, 3.8) is 0 Å². The first-order valence-corrected chi connectivity index (χ1v) is 12.4. The molecule has 1 aliphatic rings. The summed E-state index contributed by atoms with van der Waals surface area (Å²) in [4.78, 5) is 7.08. The number of benzene rings is 2. The summed E-state index contributed by atoms with van der Waals surface area (Å²) in [6, 6.07) is 14.9. The zero-order valence-electron chi connectivity index (χ0n) is 18.1. The molecule has 0 unspecified atom stereocenters. The number of nitrogens with one attached hydrogen (secondary N) is 2. The van der Waals surface area contributed by atoms with Gasteiger partial charge in [0.2, 0.25) is 16.0 Å². The van der Waals surface area contributed by atoms with Gasteiger partial charge in [0.1, 0.15) is 5.82 Å². The summed E-state index contributed by atoms with van der Waals surface area (Å²) in [7, 11) is -3.14. The van der Waals surface area contributed by atoms with E-state index in [0.717, 1.165) is 48.5 Å². The van der Waals surface area contributed by atoms with Gasteiger partial charge in [0, 0.05) is 32.2 Å². The average molecular weight is 464 g/mol. The molecule has 0 spiro atoms. The Hall–Kier alpha value is -2.53. The van der Waals surface area contributed by atoms with Gasteiger partial charge >= 0.3 is 0 Å². The van der Waals surface area contributed by atoms with Crippen LogP contribution in [-0.4, -0.2) is 66.8 Å². The minimum atomic E-state index is -3.14. The van der Waals surface area contributed by atoms with E-state index in [9.17, 15) is 12.8 Å². The molecule has 1 aliphatic heterocycles. The van der Waals surface area contributed by atoms with Gasteiger partial charge in [0.05, 0.1) is 23.8 Å². The molecule has 3 aromatic rings. The van der Waals surface area contributed by atoms with E-state index in [1.165, 1.54) is 18.4 Å². The molecule has 32 heavy (non-hydrogen) atoms. The van der Waals surface area contributed by atoms with Crippen LogP contribution in [0.1, 0.15) is 18.4 Å². The van der Waals surface area contributed by atoms with Gasteiger partial charge in [-0.25, -0.2) is 22.5 Å². The lowest BCUT2D eigenvalue weighted by molar-refractivity contribution is 0.222. The number of halogens is 1. The second kappa shape index (κ2) is 10.4. The molecule has 0 bridgehead atoms. The SMILES string of the molecule is CS(=O)(=O)NCCN1CCC(Nc2nc3ccccc3n2Cc2ccc(F)cc2)CC1.O. The molecule has 174 valence electrons. The van der Waals surface area contributed by atoms with Gasteiger partial charge in [0.25, 0.3) is 0 Å². The molecule has 0 aliphatic carbocycles. The molecule has 1 fully saturated rings. The average Bonchev–Trinajstić information content (AvgIpc) is 3.07. The Labute approximate surface area is 187 Å². The normalized spacial score (nSPS) is 15.6. The van der Waals surface area contributed by atoms with Crippen LogP contribution in [0.2, 0.25) is 0 Å². The van der Waals surface area contributed by atoms with Crippen LogP contribution in [0.4, 0.5) is 10.3 Å². The molecule has 8 nitrogen and oxygen atoms in total. The summed E-state index contributed by atoms with van der Waals surface area (Å²) in [5.41, 5.74) is 2.98. The van der Waals surface area contributed by atoms with Crippen molar-refractivity contribution >= 4 is 27.0 Å². The smallest absolute Gasteiger partial charge is 0.208 e. The van der Waals surface area contributed by atoms with Crippen molar-refractivity contribution in [2.75, 3.05) is 37.8 Å². The Morgan fingerprint density at radius 3 is 2.47 bits per heavy atom. The van der Waals surface area contributed by atoms with Gasteiger partial charge < -0.3 is 20.3 Å². The predicted octanol–water partition coefficient (Wildman–Crippen LogP) is 1.82. The maximum Gasteiger partial charge on any atom is 0.208 e. The van der Waals surface area contributed by atoms with Crippen molar-refractivity contribution in [3.8, 4) is 0 Å². The number of likely N-dealkylation sites (tertiary alicyclic amines) is 1. The fraction of sp³-hybridized carbons (Fsp3) is 0.409. The molecule has 0 atom stereocenters. The number of aromatic nitrogens is 2. The summed E-state index contributed by atoms with van der Waals surface area (Å²) in [6.07, 6.45) is 3.10. The number of fused-ring (bicyclic) bond motifs is 1. The minimum Gasteiger partial charge on any atom is -0.412 e. The fourth-order valence-electron chi connectivity index (χ4n) is 3.99. The first kappa shape index (κ1) is 24.1. The van der Waals surface area contributed by atoms with Gasteiger partial charge in [-0.2, -0.15) is 0 Å². The first-order chi connectivity index (χ1) is 14.9. The van der Waals surface area contributed by atoms with Crippen LogP contribution in [0.25, 0.3) is 11.0 Å². The summed E-state index contributed by atoms with van der Waals surface area (Å²) in [6.45, 7) is 3.56. The second-order valence-corrected chi connectivity index (χ2v) is 9.90. The second-order valence-electron chi connectivity index (χ2n) is 8.06. The number of hydrogen-bond acceptors (Lipinski definition) is 5. The summed E-state index contributed by atoms with van der Waals surface area (Å²) in [5, 5.41) is 3.61. The topological polar surface area (TPSA) is 111 Å². The summed E-state index contributed by atoms with van der Waals surface area (Å²) >= 11 is 0. The third-order valence-corrected chi connectivity index (χ3v) is 6.35. The highest BCUT2D eigenvalue weighted by molar-refractivity contribution is 7.88. The number of piperidine rings is 1. The molecule has 0 radical (unpaired) electrons. The quantitative estimate of drug-likeness (QED) is 0.529. The number of rotatable bonds is 8. The van der Waals surface area contributed by atoms with Gasteiger partial charge in [-0.3, -0.25) is 0 Å². The lowest BCUT2D eigenvalue weighted by Gasteiger charge is -2.32. The van der Waals surface area contributed by atoms with E-state index in [4.69, 9.17) is 4.98 Å². The molecule has 4 N–H and O–H groups in total. The zero-order chi connectivity index (χ0) is 21.8. The molecular weight excluding hydrogens is 433 g/mol. The zero-order valence-corrected chi connectivity index (χ0v) is 18.9. The lowest BCUT2D eigenvalue weighted by atomic mass is 10.1. The van der Waals surface area contributed by atoms with E-state index in [0.29, 0.717) is 25.7 Å². The van der Waals surface area contributed by atoms with Crippen LogP contribution in [0.5, 0.6) is 0 Å². The number of imidazole rings is 1. The number of nitrogens with zero attached hydrogens (tertiary/aromatic N) is 3. The largest absolute Gasteiger partial charge is 0.412 e. The van der Waals surface area contributed by atoms with E-state index in [1.54, 1.807) is 12.1 Å². The highest BCUT2D eigenvalue weighted by atomic mass is 32.2. The number of hydrogen-bond donors (Lipinski definition) is 2. The van der Waals surface area contributed by atoms with Crippen molar-refractivity contribution < 1.29 is 18.3 Å². The molecule has 1 saturated heterocycles. The van der Waals surface area contributed by atoms with Crippen LogP contribution in [0.3, 0.4) is 0 Å². The maximum absolute atomic E-state index is 13.3. The van der Waals surface area contributed by atoms with E-state index >= 15 is 0 Å². The van der Waals surface area contributed by atoms with Crippen LogP contribution < -0.4 is 10.0 Å². The fourth-order valence-corrected chi connectivity index (χ4v) is 4.45. The minimum absolute atomic E-state index is 0. The Kier molecular flexibility index (Phi) is 7.83. The van der Waals surface area contributed by atoms with Crippen LogP contribution in [-0.2, 0) is 16.6 Å². The maximum atomic E-state index is 13.3. The molecule has 0 amide bonds. The highest BCUT2D eigenvalue weighted by Crippen LogP contribution is 2.24. The monoisotopic (exact) mass is 463 g/mol. The number of anilines is 1. The van der Waals surface area contributed by atoms with Crippen LogP contribution in [0.15, 0.2) is 48.5 Å². The van der Waals surface area contributed by atoms with Crippen LogP contribution in [0, 0.1) is 5.82 Å². The van der Waals surface area contributed by atoms with E-state index in [2.05, 4.69) is 25.6 Å².